The first kappa shape index (κ1) is 13.0. The summed E-state index contributed by atoms with van der Waals surface area (Å²) in [5, 5.41) is 4.88. The highest BCUT2D eigenvalue weighted by molar-refractivity contribution is 7.11. The van der Waals surface area contributed by atoms with Crippen LogP contribution < -0.4 is 5.32 Å². The molecule has 1 N–H and O–H groups in total. The van der Waals surface area contributed by atoms with E-state index in [0.29, 0.717) is 0 Å². The van der Waals surface area contributed by atoms with Gasteiger partial charge in [0.1, 0.15) is 5.01 Å². The van der Waals surface area contributed by atoms with Crippen LogP contribution in [0.2, 0.25) is 0 Å². The minimum Gasteiger partial charge on any atom is -0.308 e. The molecule has 2 rings (SSSR count). The standard InChI is InChI=1S/C14H24N2S/c1-9-6-10(2)8-14(7-9,15-5)13-16-11(3)12(4)17-13/h9-10,15H,6-8H2,1-5H3. The molecule has 2 atom stereocenters. The SMILES string of the molecule is CNC1(c2nc(C)c(C)s2)CC(C)CC(C)C1. The van der Waals surface area contributed by atoms with E-state index in [-0.39, 0.29) is 5.54 Å². The van der Waals surface area contributed by atoms with Crippen LogP contribution in [0, 0.1) is 25.7 Å². The normalized spacial score (nSPS) is 33.9. The van der Waals surface area contributed by atoms with Crippen molar-refractivity contribution in [1.82, 2.24) is 10.3 Å². The van der Waals surface area contributed by atoms with E-state index in [4.69, 9.17) is 4.98 Å². The molecule has 1 aromatic heterocycles. The summed E-state index contributed by atoms with van der Waals surface area (Å²) >= 11 is 1.87. The lowest BCUT2D eigenvalue weighted by Crippen LogP contribution is -2.45. The Bertz CT molecular complexity index is 367. The van der Waals surface area contributed by atoms with Gasteiger partial charge in [-0.1, -0.05) is 13.8 Å². The average molecular weight is 252 g/mol. The van der Waals surface area contributed by atoms with Crippen LogP contribution in [0.5, 0.6) is 0 Å². The van der Waals surface area contributed by atoms with Gasteiger partial charge >= 0.3 is 0 Å². The molecular weight excluding hydrogens is 228 g/mol. The molecule has 0 spiro atoms. The Balaban J connectivity index is 2.36. The van der Waals surface area contributed by atoms with Crippen molar-refractivity contribution in [3.8, 4) is 0 Å². The predicted octanol–water partition coefficient (Wildman–Crippen LogP) is 3.63. The monoisotopic (exact) mass is 252 g/mol. The Morgan fingerprint density at radius 3 is 2.24 bits per heavy atom. The lowest BCUT2D eigenvalue weighted by molar-refractivity contribution is 0.152. The zero-order valence-corrected chi connectivity index (χ0v) is 12.4. The fourth-order valence-electron chi connectivity index (χ4n) is 3.29. The van der Waals surface area contributed by atoms with Crippen LogP contribution in [0.15, 0.2) is 0 Å². The van der Waals surface area contributed by atoms with E-state index < -0.39 is 0 Å². The smallest absolute Gasteiger partial charge is 0.113 e. The van der Waals surface area contributed by atoms with Crippen molar-refractivity contribution < 1.29 is 0 Å². The fourth-order valence-corrected chi connectivity index (χ4v) is 4.42. The molecule has 0 aliphatic heterocycles. The highest BCUT2D eigenvalue weighted by Crippen LogP contribution is 2.43. The highest BCUT2D eigenvalue weighted by atomic mass is 32.1. The van der Waals surface area contributed by atoms with E-state index in [1.54, 1.807) is 0 Å². The van der Waals surface area contributed by atoms with Gasteiger partial charge < -0.3 is 5.32 Å². The summed E-state index contributed by atoms with van der Waals surface area (Å²) in [7, 11) is 2.09. The number of thiazole rings is 1. The average Bonchev–Trinajstić information content (AvgIpc) is 2.58. The van der Waals surface area contributed by atoms with E-state index >= 15 is 0 Å². The molecule has 1 heterocycles. The maximum absolute atomic E-state index is 4.80. The molecule has 2 unspecified atom stereocenters. The molecule has 0 aromatic carbocycles. The predicted molar refractivity (Wildman–Crippen MR) is 74.5 cm³/mol. The summed E-state index contributed by atoms with van der Waals surface area (Å²) < 4.78 is 0. The zero-order valence-electron chi connectivity index (χ0n) is 11.6. The summed E-state index contributed by atoms with van der Waals surface area (Å²) in [5.41, 5.74) is 1.33. The maximum atomic E-state index is 4.80. The highest BCUT2D eigenvalue weighted by Gasteiger charge is 2.40. The van der Waals surface area contributed by atoms with Gasteiger partial charge in [0, 0.05) is 4.88 Å². The molecule has 17 heavy (non-hydrogen) atoms. The van der Waals surface area contributed by atoms with Gasteiger partial charge in [-0.05, 0) is 52.0 Å². The third-order valence-corrected chi connectivity index (χ3v) is 5.39. The van der Waals surface area contributed by atoms with Gasteiger partial charge in [0.05, 0.1) is 11.2 Å². The van der Waals surface area contributed by atoms with Crippen LogP contribution in [-0.4, -0.2) is 12.0 Å². The van der Waals surface area contributed by atoms with Crippen LogP contribution in [0.1, 0.15) is 48.7 Å². The first-order chi connectivity index (χ1) is 7.97. The molecule has 0 bridgehead atoms. The summed E-state index contributed by atoms with van der Waals surface area (Å²) in [4.78, 5) is 6.16. The van der Waals surface area contributed by atoms with Gasteiger partial charge in [0.15, 0.2) is 0 Å². The van der Waals surface area contributed by atoms with Crippen molar-refractivity contribution in [1.29, 1.82) is 0 Å². The summed E-state index contributed by atoms with van der Waals surface area (Å²) in [6, 6.07) is 0. The molecule has 0 radical (unpaired) electrons. The van der Waals surface area contributed by atoms with Crippen molar-refractivity contribution >= 4 is 11.3 Å². The van der Waals surface area contributed by atoms with Crippen molar-refractivity contribution in [3.63, 3.8) is 0 Å². The molecule has 2 nitrogen and oxygen atoms in total. The molecule has 1 aliphatic rings. The summed E-state index contributed by atoms with van der Waals surface area (Å²) in [5.74, 6) is 1.58. The molecule has 96 valence electrons. The van der Waals surface area contributed by atoms with Gasteiger partial charge in [-0.15, -0.1) is 11.3 Å². The third kappa shape index (κ3) is 2.41. The second kappa shape index (κ2) is 4.69. The van der Waals surface area contributed by atoms with Gasteiger partial charge in [0.2, 0.25) is 0 Å². The summed E-state index contributed by atoms with van der Waals surface area (Å²) in [6.45, 7) is 9.04. The molecule has 0 amide bonds. The molecule has 1 fully saturated rings. The number of rotatable bonds is 2. The van der Waals surface area contributed by atoms with Gasteiger partial charge in [-0.2, -0.15) is 0 Å². The largest absolute Gasteiger partial charge is 0.308 e. The summed E-state index contributed by atoms with van der Waals surface area (Å²) in [6.07, 6.45) is 3.80. The Labute approximate surface area is 109 Å². The number of hydrogen-bond donors (Lipinski definition) is 1. The minimum atomic E-state index is 0.126. The third-order valence-electron chi connectivity index (χ3n) is 4.12. The van der Waals surface area contributed by atoms with E-state index in [0.717, 1.165) is 11.8 Å². The van der Waals surface area contributed by atoms with Crippen molar-refractivity contribution in [2.24, 2.45) is 11.8 Å². The molecule has 1 aromatic rings. The molecular formula is C14H24N2S. The number of nitrogens with zero attached hydrogens (tertiary/aromatic N) is 1. The van der Waals surface area contributed by atoms with E-state index in [9.17, 15) is 0 Å². The Kier molecular flexibility index (Phi) is 3.60. The van der Waals surface area contributed by atoms with Crippen LogP contribution in [0.25, 0.3) is 0 Å². The van der Waals surface area contributed by atoms with Crippen molar-refractivity contribution in [3.05, 3.63) is 15.6 Å². The van der Waals surface area contributed by atoms with Gasteiger partial charge in [0.25, 0.3) is 0 Å². The van der Waals surface area contributed by atoms with Gasteiger partial charge in [-0.25, -0.2) is 4.98 Å². The van der Waals surface area contributed by atoms with Crippen molar-refractivity contribution in [2.45, 2.75) is 52.5 Å². The molecule has 3 heteroatoms. The second-order valence-electron chi connectivity index (χ2n) is 5.85. The van der Waals surface area contributed by atoms with Crippen molar-refractivity contribution in [2.75, 3.05) is 7.05 Å². The number of aryl methyl sites for hydroxylation is 2. The second-order valence-corrected chi connectivity index (χ2v) is 7.05. The fraction of sp³-hybridized carbons (Fsp3) is 0.786. The molecule has 1 saturated carbocycles. The first-order valence-electron chi connectivity index (χ1n) is 6.60. The Morgan fingerprint density at radius 2 is 1.82 bits per heavy atom. The number of nitrogens with one attached hydrogen (secondary N) is 1. The van der Waals surface area contributed by atoms with Crippen LogP contribution in [-0.2, 0) is 5.54 Å². The molecule has 1 aliphatic carbocycles. The van der Waals surface area contributed by atoms with E-state index in [1.807, 2.05) is 11.3 Å². The van der Waals surface area contributed by atoms with E-state index in [1.165, 1.54) is 34.8 Å². The Hall–Kier alpha value is -0.410. The zero-order chi connectivity index (χ0) is 12.6. The quantitative estimate of drug-likeness (QED) is 0.869. The van der Waals surface area contributed by atoms with Gasteiger partial charge in [-0.3, -0.25) is 0 Å². The van der Waals surface area contributed by atoms with E-state index in [2.05, 4.69) is 40.1 Å². The number of hydrogen-bond acceptors (Lipinski definition) is 3. The van der Waals surface area contributed by atoms with Crippen LogP contribution in [0.3, 0.4) is 0 Å². The first-order valence-corrected chi connectivity index (χ1v) is 7.42. The topological polar surface area (TPSA) is 24.9 Å². The van der Waals surface area contributed by atoms with Crippen LogP contribution >= 0.6 is 11.3 Å². The maximum Gasteiger partial charge on any atom is 0.113 e. The Morgan fingerprint density at radius 1 is 1.24 bits per heavy atom. The lowest BCUT2D eigenvalue weighted by Gasteiger charge is -2.41. The van der Waals surface area contributed by atoms with Crippen LogP contribution in [0.4, 0.5) is 0 Å². The molecule has 0 saturated heterocycles. The minimum absolute atomic E-state index is 0.126. The lowest BCUT2D eigenvalue weighted by atomic mass is 9.72. The number of aromatic nitrogens is 1.